The number of aromatic nitrogens is 2. The van der Waals surface area contributed by atoms with Crippen molar-refractivity contribution in [2.24, 2.45) is 11.8 Å². The van der Waals surface area contributed by atoms with E-state index in [1.165, 1.54) is 25.2 Å². The molecule has 0 N–H and O–H groups in total. The number of hydrogen-bond acceptors (Lipinski definition) is 4. The maximum absolute atomic E-state index is 11.7. The Hall–Kier alpha value is -2.56. The number of carbonyl (C=O) groups is 1. The van der Waals surface area contributed by atoms with Crippen molar-refractivity contribution in [3.05, 3.63) is 54.1 Å². The van der Waals surface area contributed by atoms with E-state index in [1.807, 2.05) is 10.6 Å². The molecule has 2 heterocycles. The summed E-state index contributed by atoms with van der Waals surface area (Å²) in [6, 6.07) is 6.56. The van der Waals surface area contributed by atoms with Crippen LogP contribution in [0.2, 0.25) is 0 Å². The van der Waals surface area contributed by atoms with E-state index in [0.29, 0.717) is 18.8 Å². The lowest BCUT2D eigenvalue weighted by molar-refractivity contribution is 0.0520. The second-order valence-electron chi connectivity index (χ2n) is 6.90. The standard InChI is InChI=1S/C20H23N3O2/c1-3-14-8-18(23-10-16-7-17(16)11-23)6-5-15(14)9-22-12-19(21-13-22)20(24)25-4-2/h3,5-6,8,12-13,16-17H,1,4,7,9-11H2,2H3/t16-,17?/m0/s1. The molecule has 1 saturated heterocycles. The molecule has 1 unspecified atom stereocenters. The van der Waals surface area contributed by atoms with E-state index < -0.39 is 0 Å². The summed E-state index contributed by atoms with van der Waals surface area (Å²) in [6.45, 7) is 9.13. The maximum Gasteiger partial charge on any atom is 0.358 e. The first kappa shape index (κ1) is 15.9. The molecular weight excluding hydrogens is 314 g/mol. The predicted molar refractivity (Wildman–Crippen MR) is 97.6 cm³/mol. The molecule has 2 aliphatic rings. The molecule has 1 aliphatic heterocycles. The summed E-state index contributed by atoms with van der Waals surface area (Å²) in [6.07, 6.45) is 6.71. The van der Waals surface area contributed by atoms with Gasteiger partial charge in [0.15, 0.2) is 5.69 Å². The zero-order valence-electron chi connectivity index (χ0n) is 14.5. The Balaban J connectivity index is 1.50. The van der Waals surface area contributed by atoms with E-state index in [1.54, 1.807) is 19.4 Å². The number of benzene rings is 1. The summed E-state index contributed by atoms with van der Waals surface area (Å²) in [5, 5.41) is 0. The molecule has 2 atom stereocenters. The molecule has 0 amide bonds. The lowest BCUT2D eigenvalue weighted by Crippen LogP contribution is -2.21. The fraction of sp³-hybridized carbons (Fsp3) is 0.400. The van der Waals surface area contributed by atoms with Gasteiger partial charge in [0.2, 0.25) is 0 Å². The van der Waals surface area contributed by atoms with Crippen molar-refractivity contribution in [1.82, 2.24) is 9.55 Å². The number of nitrogens with zero attached hydrogens (tertiary/aromatic N) is 3. The number of imidazole rings is 1. The van der Waals surface area contributed by atoms with Crippen molar-refractivity contribution in [3.63, 3.8) is 0 Å². The molecule has 1 aliphatic carbocycles. The predicted octanol–water partition coefficient (Wildman–Crippen LogP) is 3.21. The largest absolute Gasteiger partial charge is 0.461 e. The van der Waals surface area contributed by atoms with Crippen LogP contribution in [0.3, 0.4) is 0 Å². The van der Waals surface area contributed by atoms with Crippen LogP contribution >= 0.6 is 0 Å². The van der Waals surface area contributed by atoms with Crippen molar-refractivity contribution in [3.8, 4) is 0 Å². The minimum atomic E-state index is -0.381. The van der Waals surface area contributed by atoms with Gasteiger partial charge in [0.1, 0.15) is 0 Å². The molecule has 0 bridgehead atoms. The fourth-order valence-electron chi connectivity index (χ4n) is 3.68. The van der Waals surface area contributed by atoms with E-state index >= 15 is 0 Å². The van der Waals surface area contributed by atoms with Crippen molar-refractivity contribution in [2.45, 2.75) is 19.9 Å². The van der Waals surface area contributed by atoms with Crippen LogP contribution in [0.5, 0.6) is 0 Å². The molecule has 1 aromatic heterocycles. The number of fused-ring (bicyclic) bond motifs is 1. The van der Waals surface area contributed by atoms with Crippen LogP contribution in [0.4, 0.5) is 5.69 Å². The second kappa shape index (κ2) is 6.39. The van der Waals surface area contributed by atoms with Crippen LogP contribution in [0.1, 0.15) is 35.0 Å². The lowest BCUT2D eigenvalue weighted by atomic mass is 10.1. The Morgan fingerprint density at radius 1 is 1.40 bits per heavy atom. The van der Waals surface area contributed by atoms with Gasteiger partial charge in [-0.15, -0.1) is 0 Å². The molecule has 1 saturated carbocycles. The number of rotatable bonds is 6. The van der Waals surface area contributed by atoms with Gasteiger partial charge >= 0.3 is 5.97 Å². The minimum absolute atomic E-state index is 0.343. The Morgan fingerprint density at radius 3 is 2.92 bits per heavy atom. The van der Waals surface area contributed by atoms with Gasteiger partial charge < -0.3 is 14.2 Å². The average molecular weight is 337 g/mol. The maximum atomic E-state index is 11.7. The van der Waals surface area contributed by atoms with Crippen molar-refractivity contribution in [1.29, 1.82) is 0 Å². The summed E-state index contributed by atoms with van der Waals surface area (Å²) >= 11 is 0. The highest BCUT2D eigenvalue weighted by molar-refractivity contribution is 5.86. The quantitative estimate of drug-likeness (QED) is 0.760. The van der Waals surface area contributed by atoms with Crippen molar-refractivity contribution >= 4 is 17.7 Å². The first-order valence-electron chi connectivity index (χ1n) is 8.87. The third-order valence-electron chi connectivity index (χ3n) is 5.16. The normalized spacial score (nSPS) is 21.1. The monoisotopic (exact) mass is 337 g/mol. The molecule has 1 aromatic carbocycles. The molecule has 130 valence electrons. The zero-order chi connectivity index (χ0) is 17.4. The van der Waals surface area contributed by atoms with Crippen LogP contribution in [0.25, 0.3) is 6.08 Å². The number of piperidine rings is 1. The molecular formula is C20H23N3O2. The van der Waals surface area contributed by atoms with Crippen LogP contribution < -0.4 is 4.90 Å². The zero-order valence-corrected chi connectivity index (χ0v) is 14.5. The summed E-state index contributed by atoms with van der Waals surface area (Å²) in [5.74, 6) is 1.45. The van der Waals surface area contributed by atoms with Crippen molar-refractivity contribution in [2.75, 3.05) is 24.6 Å². The number of ether oxygens (including phenoxy) is 1. The smallest absolute Gasteiger partial charge is 0.358 e. The molecule has 5 heteroatoms. The summed E-state index contributed by atoms with van der Waals surface area (Å²) in [4.78, 5) is 18.3. The molecule has 2 aromatic rings. The third-order valence-corrected chi connectivity index (χ3v) is 5.16. The summed E-state index contributed by atoms with van der Waals surface area (Å²) in [7, 11) is 0. The summed E-state index contributed by atoms with van der Waals surface area (Å²) < 4.78 is 6.89. The first-order chi connectivity index (χ1) is 12.2. The van der Waals surface area contributed by atoms with Gasteiger partial charge in [0, 0.05) is 31.5 Å². The van der Waals surface area contributed by atoms with Crippen LogP contribution in [0.15, 0.2) is 37.3 Å². The number of anilines is 1. The average Bonchev–Trinajstić information content (AvgIpc) is 3.02. The second-order valence-corrected chi connectivity index (χ2v) is 6.90. The lowest BCUT2D eigenvalue weighted by Gasteiger charge is -2.21. The Morgan fingerprint density at radius 2 is 2.20 bits per heavy atom. The van der Waals surface area contributed by atoms with Gasteiger partial charge in [-0.25, -0.2) is 9.78 Å². The number of esters is 1. The summed E-state index contributed by atoms with van der Waals surface area (Å²) in [5.41, 5.74) is 3.92. The van der Waals surface area contributed by atoms with Crippen LogP contribution in [-0.2, 0) is 11.3 Å². The molecule has 4 rings (SSSR count). The van der Waals surface area contributed by atoms with Gasteiger partial charge in [-0.05, 0) is 48.4 Å². The highest BCUT2D eigenvalue weighted by atomic mass is 16.5. The van der Waals surface area contributed by atoms with Gasteiger partial charge in [-0.2, -0.15) is 0 Å². The van der Waals surface area contributed by atoms with Crippen LogP contribution in [0, 0.1) is 11.8 Å². The third kappa shape index (κ3) is 3.18. The Labute approximate surface area is 147 Å². The van der Waals surface area contributed by atoms with E-state index in [0.717, 1.165) is 23.0 Å². The molecule has 2 fully saturated rings. The van der Waals surface area contributed by atoms with Gasteiger partial charge in [0.25, 0.3) is 0 Å². The fourth-order valence-corrected chi connectivity index (χ4v) is 3.68. The highest BCUT2D eigenvalue weighted by Crippen LogP contribution is 2.46. The van der Waals surface area contributed by atoms with E-state index in [4.69, 9.17) is 4.74 Å². The number of carbonyl (C=O) groups excluding carboxylic acids is 1. The topological polar surface area (TPSA) is 47.4 Å². The highest BCUT2D eigenvalue weighted by Gasteiger charge is 2.45. The van der Waals surface area contributed by atoms with Gasteiger partial charge in [-0.1, -0.05) is 18.7 Å². The molecule has 25 heavy (non-hydrogen) atoms. The van der Waals surface area contributed by atoms with E-state index in [9.17, 15) is 4.79 Å². The first-order valence-corrected chi connectivity index (χ1v) is 8.87. The van der Waals surface area contributed by atoms with E-state index in [2.05, 4.69) is 34.7 Å². The van der Waals surface area contributed by atoms with Gasteiger partial charge in [-0.3, -0.25) is 0 Å². The minimum Gasteiger partial charge on any atom is -0.461 e. The number of hydrogen-bond donors (Lipinski definition) is 0. The Kier molecular flexibility index (Phi) is 4.07. The SMILES string of the molecule is C=Cc1cc(N2CC3C[C@H]3C2)ccc1Cn1cnc(C(=O)OCC)c1. The molecule has 0 radical (unpaired) electrons. The van der Waals surface area contributed by atoms with Gasteiger partial charge in [0.05, 0.1) is 12.9 Å². The van der Waals surface area contributed by atoms with Crippen molar-refractivity contribution < 1.29 is 9.53 Å². The molecule has 0 spiro atoms. The Bertz CT molecular complexity index is 801. The molecule has 5 nitrogen and oxygen atoms in total. The van der Waals surface area contributed by atoms with E-state index in [-0.39, 0.29) is 5.97 Å². The van der Waals surface area contributed by atoms with Crippen LogP contribution in [-0.4, -0.2) is 35.2 Å².